The normalized spacial score (nSPS) is 15.3. The highest BCUT2D eigenvalue weighted by Crippen LogP contribution is 1.89. The van der Waals surface area contributed by atoms with Crippen molar-refractivity contribution in [1.82, 2.24) is 0 Å². The largest absolute Gasteiger partial charge is 0.303 e. The van der Waals surface area contributed by atoms with E-state index < -0.39 is 27.0 Å². The second-order valence-electron chi connectivity index (χ2n) is 1.33. The zero-order valence-corrected chi connectivity index (χ0v) is 6.04. The molecule has 0 aliphatic carbocycles. The Bertz CT molecular complexity index is 198. The molecule has 0 aliphatic rings. The maximum absolute atomic E-state index is 11.5. The smallest absolute Gasteiger partial charge is 0.252 e. The Hall–Kier alpha value is -0.0100. The first-order valence-corrected chi connectivity index (χ1v) is 4.90. The Balaban J connectivity index is 3.67. The van der Waals surface area contributed by atoms with Crippen LogP contribution in [0.25, 0.3) is 0 Å². The molecule has 0 aromatic rings. The fourth-order valence-electron chi connectivity index (χ4n) is 0.182. The molecule has 7 heteroatoms. The van der Waals surface area contributed by atoms with Crippen LogP contribution in [0.3, 0.4) is 0 Å². The second kappa shape index (κ2) is 3.23. The van der Waals surface area contributed by atoms with E-state index in [1.54, 1.807) is 0 Å². The molecule has 0 saturated heterocycles. The molecular formula is C2H6FNO3S2. The summed E-state index contributed by atoms with van der Waals surface area (Å²) in [5.74, 6) is -1.12. The van der Waals surface area contributed by atoms with Crippen molar-refractivity contribution < 1.29 is 16.5 Å². The molecule has 0 rings (SSSR count). The van der Waals surface area contributed by atoms with Crippen molar-refractivity contribution in [3.8, 4) is 0 Å². The maximum atomic E-state index is 11.5. The van der Waals surface area contributed by atoms with Gasteiger partial charge in [-0.2, -0.15) is 8.42 Å². The van der Waals surface area contributed by atoms with E-state index in [-0.39, 0.29) is 5.75 Å². The van der Waals surface area contributed by atoms with Crippen LogP contribution in [0.1, 0.15) is 0 Å². The molecule has 0 spiro atoms. The fraction of sp³-hybridized carbons (Fsp3) is 1.00. The van der Waals surface area contributed by atoms with Crippen LogP contribution < -0.4 is 5.14 Å². The van der Waals surface area contributed by atoms with Gasteiger partial charge in [-0.25, -0.2) is 4.21 Å². The van der Waals surface area contributed by atoms with Crippen molar-refractivity contribution in [3.63, 3.8) is 0 Å². The highest BCUT2D eigenvalue weighted by atomic mass is 32.3. The summed E-state index contributed by atoms with van der Waals surface area (Å²) in [6.07, 6.45) is 0. The highest BCUT2D eigenvalue weighted by molar-refractivity contribution is 7.88. The van der Waals surface area contributed by atoms with Crippen molar-refractivity contribution in [2.45, 2.75) is 0 Å². The third-order valence-corrected chi connectivity index (χ3v) is 2.09. The van der Waals surface area contributed by atoms with Crippen molar-refractivity contribution in [1.29, 1.82) is 0 Å². The molecule has 4 nitrogen and oxygen atoms in total. The van der Waals surface area contributed by atoms with Gasteiger partial charge in [-0.1, -0.05) is 0 Å². The number of hydrogen-bond donors (Lipinski definition) is 1. The van der Waals surface area contributed by atoms with Gasteiger partial charge in [0, 0.05) is 0 Å². The van der Waals surface area contributed by atoms with Crippen LogP contribution in [-0.2, 0) is 21.2 Å². The van der Waals surface area contributed by atoms with Gasteiger partial charge in [0.15, 0.2) is 0 Å². The first-order chi connectivity index (χ1) is 3.92. The van der Waals surface area contributed by atoms with Crippen LogP contribution in [0.5, 0.6) is 0 Å². The van der Waals surface area contributed by atoms with Gasteiger partial charge in [0.05, 0.1) is 22.5 Å². The molecule has 56 valence electrons. The molecule has 0 aromatic heterocycles. The van der Waals surface area contributed by atoms with Gasteiger partial charge in [0.25, 0.3) is 0 Å². The lowest BCUT2D eigenvalue weighted by atomic mass is 11.0. The predicted molar refractivity (Wildman–Crippen MR) is 32.1 cm³/mol. The van der Waals surface area contributed by atoms with E-state index in [0.29, 0.717) is 0 Å². The Morgan fingerprint density at radius 2 is 2.00 bits per heavy atom. The second-order valence-corrected chi connectivity index (χ2v) is 3.98. The molecule has 0 fully saturated rings. The lowest BCUT2D eigenvalue weighted by Crippen LogP contribution is -2.14. The molecular weight excluding hydrogens is 169 g/mol. The Kier molecular flexibility index (Phi) is 3.23. The SMILES string of the molecule is NS(=O)CCS(=O)(=O)F. The Labute approximate surface area is 55.0 Å². The number of halogens is 1. The molecule has 0 bridgehead atoms. The molecule has 0 heterocycles. The average molecular weight is 175 g/mol. The summed E-state index contributed by atoms with van der Waals surface area (Å²) in [5.41, 5.74) is 0. The van der Waals surface area contributed by atoms with E-state index in [0.717, 1.165) is 0 Å². The first-order valence-electron chi connectivity index (χ1n) is 1.97. The van der Waals surface area contributed by atoms with Gasteiger partial charge in [0.2, 0.25) is 0 Å². The van der Waals surface area contributed by atoms with E-state index in [1.807, 2.05) is 0 Å². The quantitative estimate of drug-likeness (QED) is 0.553. The Morgan fingerprint density at radius 3 is 2.11 bits per heavy atom. The molecule has 0 aromatic carbocycles. The van der Waals surface area contributed by atoms with Gasteiger partial charge in [-0.3, -0.25) is 5.14 Å². The summed E-state index contributed by atoms with van der Waals surface area (Å²) < 4.78 is 40.8. The molecule has 0 saturated carbocycles. The van der Waals surface area contributed by atoms with Gasteiger partial charge in [-0.15, -0.1) is 3.89 Å². The zero-order valence-electron chi connectivity index (χ0n) is 4.41. The van der Waals surface area contributed by atoms with E-state index in [4.69, 9.17) is 0 Å². The predicted octanol–water partition coefficient (Wildman–Crippen LogP) is -1.09. The number of nitrogens with two attached hydrogens (primary N) is 1. The summed E-state index contributed by atoms with van der Waals surface area (Å²) in [6, 6.07) is 0. The lowest BCUT2D eigenvalue weighted by Gasteiger charge is -1.88. The third-order valence-electron chi connectivity index (χ3n) is 0.528. The van der Waals surface area contributed by atoms with Crippen LogP contribution in [0, 0.1) is 0 Å². The van der Waals surface area contributed by atoms with Gasteiger partial charge in [-0.05, 0) is 0 Å². The molecule has 0 aliphatic heterocycles. The molecule has 2 N–H and O–H groups in total. The summed E-state index contributed by atoms with van der Waals surface area (Å²) in [6.45, 7) is 0. The summed E-state index contributed by atoms with van der Waals surface area (Å²) in [5, 5.41) is 4.64. The molecule has 0 amide bonds. The highest BCUT2D eigenvalue weighted by Gasteiger charge is 2.07. The van der Waals surface area contributed by atoms with Gasteiger partial charge >= 0.3 is 10.2 Å². The summed E-state index contributed by atoms with van der Waals surface area (Å²) in [4.78, 5) is 0. The zero-order chi connectivity index (χ0) is 7.49. The lowest BCUT2D eigenvalue weighted by molar-refractivity contribution is 0.553. The number of hydrogen-bond acceptors (Lipinski definition) is 3. The molecule has 9 heavy (non-hydrogen) atoms. The van der Waals surface area contributed by atoms with E-state index in [2.05, 4.69) is 5.14 Å². The van der Waals surface area contributed by atoms with E-state index in [9.17, 15) is 16.5 Å². The van der Waals surface area contributed by atoms with Crippen molar-refractivity contribution >= 4 is 21.2 Å². The van der Waals surface area contributed by atoms with Crippen LogP contribution in [0.4, 0.5) is 3.89 Å². The summed E-state index contributed by atoms with van der Waals surface area (Å²) >= 11 is 0. The van der Waals surface area contributed by atoms with Crippen molar-refractivity contribution in [3.05, 3.63) is 0 Å². The van der Waals surface area contributed by atoms with Gasteiger partial charge in [0.1, 0.15) is 0 Å². The number of rotatable bonds is 3. The topological polar surface area (TPSA) is 77.2 Å². The van der Waals surface area contributed by atoms with Crippen molar-refractivity contribution in [2.75, 3.05) is 11.5 Å². The monoisotopic (exact) mass is 175 g/mol. The minimum atomic E-state index is -4.49. The molecule has 1 atom stereocenters. The minimum absolute atomic E-state index is 0.348. The van der Waals surface area contributed by atoms with Crippen LogP contribution in [-0.4, -0.2) is 24.1 Å². The van der Waals surface area contributed by atoms with Crippen LogP contribution in [0.15, 0.2) is 0 Å². The molecule has 1 unspecified atom stereocenters. The first kappa shape index (κ1) is 8.99. The molecule has 0 radical (unpaired) electrons. The average Bonchev–Trinajstić information content (AvgIpc) is 1.59. The maximum Gasteiger partial charge on any atom is 0.303 e. The Morgan fingerprint density at radius 1 is 1.56 bits per heavy atom. The van der Waals surface area contributed by atoms with Crippen LogP contribution in [0.2, 0.25) is 0 Å². The standard InChI is InChI=1S/C2H6FNO3S2/c3-9(6,7)2-1-8(4)5/h1-2,4H2. The van der Waals surface area contributed by atoms with Gasteiger partial charge < -0.3 is 0 Å². The minimum Gasteiger partial charge on any atom is -0.252 e. The third kappa shape index (κ3) is 7.99. The van der Waals surface area contributed by atoms with E-state index in [1.165, 1.54) is 0 Å². The summed E-state index contributed by atoms with van der Waals surface area (Å²) in [7, 11) is -6.22. The van der Waals surface area contributed by atoms with Crippen LogP contribution >= 0.6 is 0 Å². The van der Waals surface area contributed by atoms with Crippen molar-refractivity contribution in [2.24, 2.45) is 5.14 Å². The van der Waals surface area contributed by atoms with E-state index >= 15 is 0 Å². The fourth-order valence-corrected chi connectivity index (χ4v) is 1.64.